The summed E-state index contributed by atoms with van der Waals surface area (Å²) >= 11 is 0. The second-order valence-electron chi connectivity index (χ2n) is 8.67. The predicted molar refractivity (Wildman–Crippen MR) is 127 cm³/mol. The van der Waals surface area contributed by atoms with Gasteiger partial charge in [0.2, 0.25) is 0 Å². The van der Waals surface area contributed by atoms with Crippen molar-refractivity contribution in [1.29, 1.82) is 0 Å². The molecule has 0 amide bonds. The predicted octanol–water partition coefficient (Wildman–Crippen LogP) is 3.74. The fourth-order valence-corrected chi connectivity index (χ4v) is 3.80. The summed E-state index contributed by atoms with van der Waals surface area (Å²) in [6.07, 6.45) is 6.72. The summed E-state index contributed by atoms with van der Waals surface area (Å²) in [5.74, 6) is 1.57. The lowest BCUT2D eigenvalue weighted by Gasteiger charge is -2.33. The molecule has 1 unspecified atom stereocenters. The maximum atomic E-state index is 11.6. The van der Waals surface area contributed by atoms with E-state index in [1.165, 1.54) is 0 Å². The van der Waals surface area contributed by atoms with Gasteiger partial charge in [-0.25, -0.2) is 15.0 Å². The lowest BCUT2D eigenvalue weighted by Crippen LogP contribution is -2.41. The zero-order valence-corrected chi connectivity index (χ0v) is 19.6. The van der Waals surface area contributed by atoms with Crippen LogP contribution >= 0.6 is 0 Å². The number of hydrogen-bond acceptors (Lipinski definition) is 8. The highest BCUT2D eigenvalue weighted by Crippen LogP contribution is 2.30. The molecule has 1 aliphatic heterocycles. The van der Waals surface area contributed by atoms with Crippen molar-refractivity contribution in [2.45, 2.75) is 45.1 Å². The van der Waals surface area contributed by atoms with Gasteiger partial charge >= 0.3 is 5.97 Å². The van der Waals surface area contributed by atoms with Gasteiger partial charge in [-0.3, -0.25) is 9.78 Å². The lowest BCUT2D eigenvalue weighted by molar-refractivity contribution is -0.142. The molecule has 1 aliphatic rings. The number of aliphatic carboxylic acids is 1. The normalized spacial score (nSPS) is 16.2. The summed E-state index contributed by atoms with van der Waals surface area (Å²) in [5.41, 5.74) is -0.236. The monoisotopic (exact) mass is 463 g/mol. The van der Waals surface area contributed by atoms with Gasteiger partial charge in [0.05, 0.1) is 31.2 Å². The highest BCUT2D eigenvalue weighted by molar-refractivity contribution is 5.79. The van der Waals surface area contributed by atoms with E-state index < -0.39 is 11.4 Å². The lowest BCUT2D eigenvalue weighted by atomic mass is 9.89. The molecule has 0 spiro atoms. The minimum atomic E-state index is -1.14. The number of ether oxygens (including phenoxy) is 2. The molecule has 1 saturated heterocycles. The molecule has 1 N–H and O–H groups in total. The number of carboxylic acid groups (broad SMARTS) is 1. The number of nitrogens with zero attached hydrogens (tertiary/aromatic N) is 5. The zero-order valence-electron chi connectivity index (χ0n) is 19.6. The number of anilines is 1. The highest BCUT2D eigenvalue weighted by Gasteiger charge is 2.31. The first-order chi connectivity index (χ1) is 16.4. The Balaban J connectivity index is 1.53. The van der Waals surface area contributed by atoms with E-state index in [1.807, 2.05) is 31.2 Å². The second kappa shape index (κ2) is 10.0. The maximum absolute atomic E-state index is 11.6. The topological polar surface area (TPSA) is 111 Å². The van der Waals surface area contributed by atoms with Crippen LogP contribution in [0.3, 0.4) is 0 Å². The van der Waals surface area contributed by atoms with Crippen LogP contribution in [0.25, 0.3) is 11.5 Å². The Morgan fingerprint density at radius 2 is 1.97 bits per heavy atom. The Kier molecular flexibility index (Phi) is 6.90. The molecule has 0 aliphatic carbocycles. The van der Waals surface area contributed by atoms with Crippen LogP contribution in [0.15, 0.2) is 48.9 Å². The van der Waals surface area contributed by atoms with Gasteiger partial charge in [-0.05, 0) is 51.8 Å². The maximum Gasteiger partial charge on any atom is 0.315 e. The van der Waals surface area contributed by atoms with E-state index in [9.17, 15) is 9.90 Å². The molecule has 178 valence electrons. The molecule has 9 nitrogen and oxygen atoms in total. The molecule has 1 aromatic carbocycles. The Hall–Kier alpha value is -3.75. The van der Waals surface area contributed by atoms with Crippen LogP contribution in [0.1, 0.15) is 39.3 Å². The number of benzene rings is 1. The minimum Gasteiger partial charge on any atom is -0.490 e. The minimum absolute atomic E-state index is 0.0169. The van der Waals surface area contributed by atoms with Crippen molar-refractivity contribution in [3.8, 4) is 23.0 Å². The van der Waals surface area contributed by atoms with Gasteiger partial charge in [-0.15, -0.1) is 0 Å². The zero-order chi connectivity index (χ0) is 24.1. The SMILES string of the molecule is CCOc1ccccc1OC1CCCN(c2cncc(-c3nccc(C(C)(C)C(=O)O)n3)n2)C1. The van der Waals surface area contributed by atoms with Crippen molar-refractivity contribution in [1.82, 2.24) is 19.9 Å². The van der Waals surface area contributed by atoms with Crippen LogP contribution in [0.4, 0.5) is 5.82 Å². The quantitative estimate of drug-likeness (QED) is 0.534. The molecule has 2 aromatic heterocycles. The Morgan fingerprint density at radius 1 is 1.18 bits per heavy atom. The van der Waals surface area contributed by atoms with Gasteiger partial charge in [-0.1, -0.05) is 12.1 Å². The fourth-order valence-electron chi connectivity index (χ4n) is 3.80. The first-order valence-corrected chi connectivity index (χ1v) is 11.4. The first-order valence-electron chi connectivity index (χ1n) is 11.4. The Morgan fingerprint density at radius 3 is 2.74 bits per heavy atom. The number of carboxylic acids is 1. The molecule has 9 heteroatoms. The van der Waals surface area contributed by atoms with Crippen LogP contribution < -0.4 is 14.4 Å². The van der Waals surface area contributed by atoms with Crippen molar-refractivity contribution < 1.29 is 19.4 Å². The standard InChI is InChI=1S/C25H29N5O4/c1-4-33-19-9-5-6-10-20(19)34-17-8-7-13-30(16-17)22-15-26-14-18(28-22)23-27-12-11-21(29-23)25(2,3)24(31)32/h5-6,9-12,14-15,17H,4,7-8,13,16H2,1-3H3,(H,31,32). The largest absolute Gasteiger partial charge is 0.490 e. The molecular weight excluding hydrogens is 434 g/mol. The highest BCUT2D eigenvalue weighted by atomic mass is 16.5. The first kappa shape index (κ1) is 23.4. The summed E-state index contributed by atoms with van der Waals surface area (Å²) in [6.45, 7) is 7.24. The number of carbonyl (C=O) groups is 1. The fraction of sp³-hybridized carbons (Fsp3) is 0.400. The van der Waals surface area contributed by atoms with E-state index in [4.69, 9.17) is 14.5 Å². The molecule has 1 atom stereocenters. The molecule has 0 saturated carbocycles. The van der Waals surface area contributed by atoms with Gasteiger partial charge < -0.3 is 19.5 Å². The molecule has 34 heavy (non-hydrogen) atoms. The van der Waals surface area contributed by atoms with Crippen molar-refractivity contribution in [2.75, 3.05) is 24.6 Å². The molecule has 3 heterocycles. The van der Waals surface area contributed by atoms with Crippen LogP contribution in [-0.4, -0.2) is 56.8 Å². The number of piperidine rings is 1. The summed E-state index contributed by atoms with van der Waals surface area (Å²) in [6, 6.07) is 9.32. The van der Waals surface area contributed by atoms with Crippen molar-refractivity contribution >= 4 is 11.8 Å². The third-order valence-electron chi connectivity index (χ3n) is 5.83. The Labute approximate surface area is 198 Å². The van der Waals surface area contributed by atoms with Gasteiger partial charge in [0.1, 0.15) is 23.0 Å². The average Bonchev–Trinajstić information content (AvgIpc) is 2.86. The summed E-state index contributed by atoms with van der Waals surface area (Å²) in [7, 11) is 0. The van der Waals surface area contributed by atoms with Crippen LogP contribution in [-0.2, 0) is 10.2 Å². The summed E-state index contributed by atoms with van der Waals surface area (Å²) in [5, 5.41) is 9.53. The smallest absolute Gasteiger partial charge is 0.315 e. The van der Waals surface area contributed by atoms with Crippen molar-refractivity contribution in [3.63, 3.8) is 0 Å². The summed E-state index contributed by atoms with van der Waals surface area (Å²) in [4.78, 5) is 31.6. The van der Waals surface area contributed by atoms with E-state index in [0.29, 0.717) is 36.2 Å². The van der Waals surface area contributed by atoms with Crippen molar-refractivity contribution in [2.24, 2.45) is 0 Å². The van der Waals surface area contributed by atoms with Gasteiger partial charge in [0, 0.05) is 12.7 Å². The average molecular weight is 464 g/mol. The molecule has 0 bridgehead atoms. The molecule has 1 fully saturated rings. The third kappa shape index (κ3) is 5.08. The molecule has 0 radical (unpaired) electrons. The van der Waals surface area contributed by atoms with Gasteiger partial charge in [-0.2, -0.15) is 0 Å². The number of aromatic nitrogens is 4. The van der Waals surface area contributed by atoms with E-state index in [0.717, 1.165) is 30.9 Å². The van der Waals surface area contributed by atoms with E-state index in [-0.39, 0.29) is 6.10 Å². The van der Waals surface area contributed by atoms with Crippen molar-refractivity contribution in [3.05, 3.63) is 54.6 Å². The van der Waals surface area contributed by atoms with E-state index in [1.54, 1.807) is 38.5 Å². The van der Waals surface area contributed by atoms with Gasteiger partial charge in [0.15, 0.2) is 17.3 Å². The Bertz CT molecular complexity index is 1150. The molecule has 3 aromatic rings. The number of para-hydroxylation sites is 2. The molecular formula is C25H29N5O4. The number of rotatable bonds is 8. The van der Waals surface area contributed by atoms with Gasteiger partial charge in [0.25, 0.3) is 0 Å². The molecule has 4 rings (SSSR count). The number of hydrogen-bond donors (Lipinski definition) is 1. The summed E-state index contributed by atoms with van der Waals surface area (Å²) < 4.78 is 12.0. The van der Waals surface area contributed by atoms with Crippen LogP contribution in [0, 0.1) is 0 Å². The third-order valence-corrected chi connectivity index (χ3v) is 5.83. The van der Waals surface area contributed by atoms with Crippen LogP contribution in [0.2, 0.25) is 0 Å². The second-order valence-corrected chi connectivity index (χ2v) is 8.67. The van der Waals surface area contributed by atoms with Crippen LogP contribution in [0.5, 0.6) is 11.5 Å². The van der Waals surface area contributed by atoms with E-state index >= 15 is 0 Å². The van der Waals surface area contributed by atoms with E-state index in [2.05, 4.69) is 19.9 Å².